The Labute approximate surface area is 107 Å². The predicted octanol–water partition coefficient (Wildman–Crippen LogP) is 3.36. The van der Waals surface area contributed by atoms with E-state index in [1.807, 2.05) is 24.3 Å². The minimum absolute atomic E-state index is 0. The zero-order chi connectivity index (χ0) is 11.4. The molecule has 2 aromatic rings. The molecule has 17 heavy (non-hydrogen) atoms. The van der Waals surface area contributed by atoms with E-state index in [2.05, 4.69) is 23.5 Å². The van der Waals surface area contributed by atoms with E-state index in [1.165, 1.54) is 5.39 Å². The minimum atomic E-state index is -0.823. The van der Waals surface area contributed by atoms with Crippen LogP contribution in [0.1, 0.15) is 5.56 Å². The second-order valence-corrected chi connectivity index (χ2v) is 4.00. The van der Waals surface area contributed by atoms with Crippen molar-refractivity contribution in [2.24, 2.45) is 0 Å². The van der Waals surface area contributed by atoms with E-state index >= 15 is 0 Å². The molecule has 0 spiro atoms. The monoisotopic (exact) mass is 253 g/mol. The van der Waals surface area contributed by atoms with Crippen LogP contribution in [-0.2, 0) is 6.42 Å². The smallest absolute Gasteiger partial charge is 0.117 e. The molecule has 2 aromatic carbocycles. The molecule has 1 unspecified atom stereocenters. The van der Waals surface area contributed by atoms with Gasteiger partial charge in [0, 0.05) is 13.0 Å². The van der Waals surface area contributed by atoms with Gasteiger partial charge in [0.25, 0.3) is 0 Å². The summed E-state index contributed by atoms with van der Waals surface area (Å²) in [6.45, 7) is 0.406. The van der Waals surface area contributed by atoms with Crippen LogP contribution in [0, 0.1) is 0 Å². The first kappa shape index (κ1) is 13.9. The van der Waals surface area contributed by atoms with Gasteiger partial charge < -0.3 is 5.32 Å². The summed E-state index contributed by atoms with van der Waals surface area (Å²) >= 11 is 0. The quantitative estimate of drug-likeness (QED) is 0.881. The molecule has 92 valence electrons. The lowest BCUT2D eigenvalue weighted by atomic mass is 10.0. The van der Waals surface area contributed by atoms with Gasteiger partial charge >= 0.3 is 0 Å². The molecule has 1 nitrogen and oxygen atoms in total. The Balaban J connectivity index is 0.00000144. The van der Waals surface area contributed by atoms with Crippen LogP contribution in [0.25, 0.3) is 10.8 Å². The Morgan fingerprint density at radius 1 is 1.12 bits per heavy atom. The van der Waals surface area contributed by atoms with E-state index in [0.717, 1.165) is 10.9 Å². The highest BCUT2D eigenvalue weighted by Crippen LogP contribution is 2.20. The van der Waals surface area contributed by atoms with Crippen LogP contribution in [0.15, 0.2) is 42.5 Å². The van der Waals surface area contributed by atoms with Crippen LogP contribution in [0.4, 0.5) is 4.39 Å². The maximum absolute atomic E-state index is 13.6. The molecule has 1 N–H and O–H groups in total. The van der Waals surface area contributed by atoms with Gasteiger partial charge in [0.05, 0.1) is 0 Å². The Morgan fingerprint density at radius 2 is 1.82 bits per heavy atom. The lowest BCUT2D eigenvalue weighted by Gasteiger charge is -2.10. The molecular weight excluding hydrogens is 237 g/mol. The average Bonchev–Trinajstić information content (AvgIpc) is 2.30. The van der Waals surface area contributed by atoms with Crippen LogP contribution < -0.4 is 5.32 Å². The zero-order valence-corrected chi connectivity index (χ0v) is 10.6. The van der Waals surface area contributed by atoms with E-state index < -0.39 is 6.17 Å². The fourth-order valence-corrected chi connectivity index (χ4v) is 2.00. The van der Waals surface area contributed by atoms with Gasteiger partial charge in [-0.2, -0.15) is 0 Å². The summed E-state index contributed by atoms with van der Waals surface area (Å²) in [7, 11) is 1.77. The molecule has 0 radical (unpaired) electrons. The Bertz CT molecular complexity index is 467. The first-order valence-corrected chi connectivity index (χ1v) is 5.56. The van der Waals surface area contributed by atoms with Crippen molar-refractivity contribution in [3.05, 3.63) is 48.0 Å². The number of hydrogen-bond acceptors (Lipinski definition) is 1. The summed E-state index contributed by atoms with van der Waals surface area (Å²) in [6, 6.07) is 14.2. The lowest BCUT2D eigenvalue weighted by Crippen LogP contribution is -2.21. The molecule has 0 aliphatic carbocycles. The second kappa shape index (κ2) is 6.58. The highest BCUT2D eigenvalue weighted by atomic mass is 35.5. The van der Waals surface area contributed by atoms with Crippen molar-refractivity contribution in [1.29, 1.82) is 0 Å². The van der Waals surface area contributed by atoms with Crippen molar-refractivity contribution in [2.45, 2.75) is 12.6 Å². The summed E-state index contributed by atoms with van der Waals surface area (Å²) in [6.07, 6.45) is -0.349. The third-order valence-corrected chi connectivity index (χ3v) is 2.75. The molecule has 0 aliphatic rings. The highest BCUT2D eigenvalue weighted by Gasteiger charge is 2.08. The van der Waals surface area contributed by atoms with Gasteiger partial charge in [-0.1, -0.05) is 42.5 Å². The van der Waals surface area contributed by atoms with Crippen LogP contribution >= 0.6 is 12.4 Å². The lowest BCUT2D eigenvalue weighted by molar-refractivity contribution is 0.325. The molecule has 3 heteroatoms. The van der Waals surface area contributed by atoms with Crippen molar-refractivity contribution in [3.8, 4) is 0 Å². The number of benzene rings is 2. The summed E-state index contributed by atoms with van der Waals surface area (Å²) in [5.41, 5.74) is 1.08. The fourth-order valence-electron chi connectivity index (χ4n) is 2.00. The molecule has 0 heterocycles. The van der Waals surface area contributed by atoms with Gasteiger partial charge in [-0.15, -0.1) is 12.4 Å². The number of fused-ring (bicyclic) bond motifs is 1. The Morgan fingerprint density at radius 3 is 2.59 bits per heavy atom. The normalized spacial score (nSPS) is 12.1. The molecule has 0 bridgehead atoms. The zero-order valence-electron chi connectivity index (χ0n) is 9.82. The van der Waals surface area contributed by atoms with Gasteiger partial charge in [0.2, 0.25) is 0 Å². The fraction of sp³-hybridized carbons (Fsp3) is 0.286. The third kappa shape index (κ3) is 3.42. The summed E-state index contributed by atoms with van der Waals surface area (Å²) in [4.78, 5) is 0. The number of alkyl halides is 1. The Hall–Kier alpha value is -1.12. The molecule has 0 aromatic heterocycles. The van der Waals surface area contributed by atoms with Gasteiger partial charge in [-0.3, -0.25) is 0 Å². The largest absolute Gasteiger partial charge is 0.317 e. The third-order valence-electron chi connectivity index (χ3n) is 2.75. The minimum Gasteiger partial charge on any atom is -0.317 e. The van der Waals surface area contributed by atoms with Crippen molar-refractivity contribution in [3.63, 3.8) is 0 Å². The van der Waals surface area contributed by atoms with E-state index in [9.17, 15) is 4.39 Å². The maximum Gasteiger partial charge on any atom is 0.117 e. The molecule has 0 saturated heterocycles. The van der Waals surface area contributed by atoms with E-state index in [1.54, 1.807) is 7.05 Å². The standard InChI is InChI=1S/C14H16FN.ClH/c1-16-10-13(15)9-12-7-4-6-11-5-2-3-8-14(11)12;/h2-8,13,16H,9-10H2,1H3;1H. The molecule has 0 saturated carbocycles. The first-order chi connectivity index (χ1) is 7.81. The van der Waals surface area contributed by atoms with Gasteiger partial charge in [0.1, 0.15) is 6.17 Å². The van der Waals surface area contributed by atoms with Gasteiger partial charge in [-0.25, -0.2) is 4.39 Å². The van der Waals surface area contributed by atoms with Crippen LogP contribution in [0.2, 0.25) is 0 Å². The molecule has 0 aliphatic heterocycles. The van der Waals surface area contributed by atoms with E-state index in [-0.39, 0.29) is 12.4 Å². The molecule has 0 amide bonds. The highest BCUT2D eigenvalue weighted by molar-refractivity contribution is 5.86. The van der Waals surface area contributed by atoms with Gasteiger partial charge in [0.15, 0.2) is 0 Å². The van der Waals surface area contributed by atoms with E-state index in [0.29, 0.717) is 13.0 Å². The van der Waals surface area contributed by atoms with Crippen molar-refractivity contribution < 1.29 is 4.39 Å². The maximum atomic E-state index is 13.6. The first-order valence-electron chi connectivity index (χ1n) is 5.56. The number of rotatable bonds is 4. The van der Waals surface area contributed by atoms with Crippen LogP contribution in [0.5, 0.6) is 0 Å². The number of halogens is 2. The van der Waals surface area contributed by atoms with Crippen molar-refractivity contribution in [2.75, 3.05) is 13.6 Å². The Kier molecular flexibility index (Phi) is 5.39. The molecule has 2 rings (SSSR count). The van der Waals surface area contributed by atoms with Gasteiger partial charge in [-0.05, 0) is 23.4 Å². The number of nitrogens with one attached hydrogen (secondary N) is 1. The summed E-state index contributed by atoms with van der Waals surface area (Å²) in [5.74, 6) is 0. The molecule has 1 atom stereocenters. The second-order valence-electron chi connectivity index (χ2n) is 4.00. The topological polar surface area (TPSA) is 12.0 Å². The predicted molar refractivity (Wildman–Crippen MR) is 73.7 cm³/mol. The molecule has 0 fully saturated rings. The molecular formula is C14H17ClFN. The summed E-state index contributed by atoms with van der Waals surface area (Å²) in [5, 5.41) is 5.19. The SMILES string of the molecule is CNCC(F)Cc1cccc2ccccc12.Cl. The number of hydrogen-bond donors (Lipinski definition) is 1. The van der Waals surface area contributed by atoms with Crippen LogP contribution in [-0.4, -0.2) is 19.8 Å². The summed E-state index contributed by atoms with van der Waals surface area (Å²) < 4.78 is 13.6. The van der Waals surface area contributed by atoms with Crippen LogP contribution in [0.3, 0.4) is 0 Å². The van der Waals surface area contributed by atoms with Crippen molar-refractivity contribution in [1.82, 2.24) is 5.32 Å². The van der Waals surface area contributed by atoms with E-state index in [4.69, 9.17) is 0 Å². The van der Waals surface area contributed by atoms with Crippen molar-refractivity contribution >= 4 is 23.2 Å². The average molecular weight is 254 g/mol.